The van der Waals surface area contributed by atoms with Crippen LogP contribution in [0.2, 0.25) is 0 Å². The lowest BCUT2D eigenvalue weighted by molar-refractivity contribution is -0.0512. The number of carbonyl (C=O) groups excluding carboxylic acids is 1. The molecule has 29 heavy (non-hydrogen) atoms. The minimum absolute atomic E-state index is 0.0868. The molecule has 1 amide bonds. The van der Waals surface area contributed by atoms with Crippen LogP contribution in [0, 0.1) is 12.7 Å². The smallest absolute Gasteiger partial charge is 0.387 e. The molecule has 1 N–H and O–H groups in total. The van der Waals surface area contributed by atoms with Gasteiger partial charge in [-0.3, -0.25) is 10.1 Å². The van der Waals surface area contributed by atoms with Crippen molar-refractivity contribution in [3.8, 4) is 11.5 Å². The summed E-state index contributed by atoms with van der Waals surface area (Å²) in [6.45, 7) is -1.36. The standard InChI is InChI=1S/C20H17F3N2O3S/c1-11-3-4-12(8-15(11)21)7-14-10-24-20(29-14)25-18(26)13-5-6-16(27-2)17(9-13)28-19(22)23/h3-6,8-10,19H,7H2,1-2H3,(H,24,25,26). The second-order valence-electron chi connectivity index (χ2n) is 6.09. The van der Waals surface area contributed by atoms with E-state index >= 15 is 0 Å². The number of amides is 1. The molecule has 3 aromatic rings. The first-order valence-electron chi connectivity index (χ1n) is 8.49. The highest BCUT2D eigenvalue weighted by Crippen LogP contribution is 2.30. The molecular weight excluding hydrogens is 405 g/mol. The average molecular weight is 422 g/mol. The van der Waals surface area contributed by atoms with E-state index in [2.05, 4.69) is 15.0 Å². The average Bonchev–Trinajstić information content (AvgIpc) is 3.11. The normalized spacial score (nSPS) is 10.8. The number of thiazole rings is 1. The molecule has 152 valence electrons. The van der Waals surface area contributed by atoms with E-state index in [9.17, 15) is 18.0 Å². The van der Waals surface area contributed by atoms with Crippen LogP contribution in [0.1, 0.15) is 26.4 Å². The van der Waals surface area contributed by atoms with Gasteiger partial charge in [-0.2, -0.15) is 8.78 Å². The third-order valence-corrected chi connectivity index (χ3v) is 4.94. The van der Waals surface area contributed by atoms with Crippen LogP contribution < -0.4 is 14.8 Å². The molecular formula is C20H17F3N2O3S. The highest BCUT2D eigenvalue weighted by Gasteiger charge is 2.16. The van der Waals surface area contributed by atoms with Gasteiger partial charge in [0, 0.05) is 23.1 Å². The molecule has 0 bridgehead atoms. The Bertz CT molecular complexity index is 1020. The third-order valence-electron chi connectivity index (χ3n) is 4.03. The Labute approximate surface area is 169 Å². The first kappa shape index (κ1) is 20.7. The van der Waals surface area contributed by atoms with E-state index in [0.29, 0.717) is 17.1 Å². The molecule has 0 fully saturated rings. The fourth-order valence-corrected chi connectivity index (χ4v) is 3.41. The Morgan fingerprint density at radius 1 is 1.21 bits per heavy atom. The molecule has 0 aliphatic rings. The summed E-state index contributed by atoms with van der Waals surface area (Å²) in [4.78, 5) is 17.4. The summed E-state index contributed by atoms with van der Waals surface area (Å²) >= 11 is 1.24. The number of aromatic nitrogens is 1. The SMILES string of the molecule is COc1ccc(C(=O)Nc2ncc(Cc3ccc(C)c(F)c3)s2)cc1OC(F)F. The highest BCUT2D eigenvalue weighted by atomic mass is 32.1. The number of halogens is 3. The monoisotopic (exact) mass is 422 g/mol. The molecule has 0 unspecified atom stereocenters. The van der Waals surface area contributed by atoms with Crippen LogP contribution in [0.5, 0.6) is 11.5 Å². The Morgan fingerprint density at radius 3 is 2.69 bits per heavy atom. The van der Waals surface area contributed by atoms with Gasteiger partial charge >= 0.3 is 6.61 Å². The van der Waals surface area contributed by atoms with Gasteiger partial charge < -0.3 is 9.47 Å². The van der Waals surface area contributed by atoms with E-state index in [1.54, 1.807) is 19.2 Å². The third kappa shape index (κ3) is 5.26. The van der Waals surface area contributed by atoms with Gasteiger partial charge in [0.05, 0.1) is 7.11 Å². The zero-order valence-corrected chi connectivity index (χ0v) is 16.4. The predicted octanol–water partition coefficient (Wildman–Crippen LogP) is 5.04. The molecule has 0 saturated carbocycles. The van der Waals surface area contributed by atoms with E-state index < -0.39 is 12.5 Å². The molecule has 9 heteroatoms. The van der Waals surface area contributed by atoms with E-state index in [4.69, 9.17) is 4.74 Å². The molecule has 0 spiro atoms. The molecule has 1 heterocycles. The van der Waals surface area contributed by atoms with Gasteiger partial charge in [-0.1, -0.05) is 12.1 Å². The number of anilines is 1. The molecule has 0 aliphatic heterocycles. The number of hydrogen-bond acceptors (Lipinski definition) is 5. The number of rotatable bonds is 7. The quantitative estimate of drug-likeness (QED) is 0.579. The van der Waals surface area contributed by atoms with E-state index in [1.165, 1.54) is 42.7 Å². The number of carbonyl (C=O) groups is 1. The van der Waals surface area contributed by atoms with Crippen molar-refractivity contribution < 1.29 is 27.4 Å². The van der Waals surface area contributed by atoms with Crippen molar-refractivity contribution in [1.82, 2.24) is 4.98 Å². The van der Waals surface area contributed by atoms with E-state index in [1.807, 2.05) is 6.07 Å². The molecule has 2 aromatic carbocycles. The summed E-state index contributed by atoms with van der Waals surface area (Å²) in [6.07, 6.45) is 2.07. The van der Waals surface area contributed by atoms with Crippen molar-refractivity contribution in [1.29, 1.82) is 0 Å². The number of nitrogens with zero attached hydrogens (tertiary/aromatic N) is 1. The molecule has 5 nitrogen and oxygen atoms in total. The van der Waals surface area contributed by atoms with Gasteiger partial charge in [-0.15, -0.1) is 11.3 Å². The van der Waals surface area contributed by atoms with Crippen molar-refractivity contribution in [3.05, 3.63) is 70.0 Å². The Morgan fingerprint density at radius 2 is 2.00 bits per heavy atom. The number of benzene rings is 2. The zero-order valence-electron chi connectivity index (χ0n) is 15.5. The van der Waals surface area contributed by atoms with Crippen molar-refractivity contribution in [2.24, 2.45) is 0 Å². The van der Waals surface area contributed by atoms with Gasteiger partial charge in [0.25, 0.3) is 5.91 Å². The lowest BCUT2D eigenvalue weighted by atomic mass is 10.1. The highest BCUT2D eigenvalue weighted by molar-refractivity contribution is 7.15. The summed E-state index contributed by atoms with van der Waals surface area (Å²) < 4.78 is 48.1. The minimum Gasteiger partial charge on any atom is -0.493 e. The van der Waals surface area contributed by atoms with Gasteiger partial charge in [-0.25, -0.2) is 9.37 Å². The Kier molecular flexibility index (Phi) is 6.38. The Balaban J connectivity index is 1.70. The summed E-state index contributed by atoms with van der Waals surface area (Å²) in [7, 11) is 1.31. The van der Waals surface area contributed by atoms with Crippen molar-refractivity contribution in [3.63, 3.8) is 0 Å². The largest absolute Gasteiger partial charge is 0.493 e. The fraction of sp³-hybridized carbons (Fsp3) is 0.200. The second-order valence-corrected chi connectivity index (χ2v) is 7.21. The van der Waals surface area contributed by atoms with Crippen LogP contribution in [0.25, 0.3) is 0 Å². The summed E-state index contributed by atoms with van der Waals surface area (Å²) in [5.74, 6) is -0.962. The van der Waals surface area contributed by atoms with Crippen LogP contribution in [-0.4, -0.2) is 24.6 Å². The van der Waals surface area contributed by atoms with Crippen molar-refractivity contribution in [2.75, 3.05) is 12.4 Å². The van der Waals surface area contributed by atoms with Crippen LogP contribution in [0.15, 0.2) is 42.6 Å². The number of alkyl halides is 2. The van der Waals surface area contributed by atoms with Crippen molar-refractivity contribution in [2.45, 2.75) is 20.0 Å². The summed E-state index contributed by atoms with van der Waals surface area (Å²) in [5.41, 5.74) is 1.47. The first-order valence-corrected chi connectivity index (χ1v) is 9.31. The summed E-state index contributed by atoms with van der Waals surface area (Å²) in [5, 5.41) is 2.95. The van der Waals surface area contributed by atoms with E-state index in [-0.39, 0.29) is 22.9 Å². The van der Waals surface area contributed by atoms with Gasteiger partial charge in [0.15, 0.2) is 16.6 Å². The topological polar surface area (TPSA) is 60.5 Å². The molecule has 3 rings (SSSR count). The number of ether oxygens (including phenoxy) is 2. The summed E-state index contributed by atoms with van der Waals surface area (Å²) in [6, 6.07) is 8.97. The van der Waals surface area contributed by atoms with Gasteiger partial charge in [-0.05, 0) is 42.3 Å². The maximum atomic E-state index is 13.7. The Hall–Kier alpha value is -3.07. The number of methoxy groups -OCH3 is 1. The lowest BCUT2D eigenvalue weighted by Crippen LogP contribution is -2.12. The van der Waals surface area contributed by atoms with E-state index in [0.717, 1.165) is 10.4 Å². The van der Waals surface area contributed by atoms with Crippen LogP contribution in [-0.2, 0) is 6.42 Å². The molecule has 0 aliphatic carbocycles. The zero-order chi connectivity index (χ0) is 21.0. The van der Waals surface area contributed by atoms with Crippen LogP contribution >= 0.6 is 11.3 Å². The van der Waals surface area contributed by atoms with Crippen LogP contribution in [0.3, 0.4) is 0 Å². The maximum absolute atomic E-state index is 13.7. The fourth-order valence-electron chi connectivity index (χ4n) is 2.57. The second kappa shape index (κ2) is 8.95. The van der Waals surface area contributed by atoms with Gasteiger partial charge in [0.1, 0.15) is 5.82 Å². The number of nitrogens with one attached hydrogen (secondary N) is 1. The number of aryl methyl sites for hydroxylation is 1. The van der Waals surface area contributed by atoms with Crippen LogP contribution in [0.4, 0.5) is 18.3 Å². The molecule has 1 aromatic heterocycles. The molecule has 0 saturated heterocycles. The van der Waals surface area contributed by atoms with Crippen molar-refractivity contribution >= 4 is 22.4 Å². The molecule has 0 radical (unpaired) electrons. The first-order chi connectivity index (χ1) is 13.9. The predicted molar refractivity (Wildman–Crippen MR) is 104 cm³/mol. The number of hydrogen-bond donors (Lipinski definition) is 1. The minimum atomic E-state index is -3.05. The van der Waals surface area contributed by atoms with Gasteiger partial charge in [0.2, 0.25) is 0 Å². The lowest BCUT2D eigenvalue weighted by Gasteiger charge is -2.11. The molecule has 0 atom stereocenters. The maximum Gasteiger partial charge on any atom is 0.387 e.